The van der Waals surface area contributed by atoms with Gasteiger partial charge in [0.05, 0.1) is 0 Å². The highest BCUT2D eigenvalue weighted by molar-refractivity contribution is 6.32. The first kappa shape index (κ1) is 30.0. The first-order chi connectivity index (χ1) is 27.8. The van der Waals surface area contributed by atoms with Crippen LogP contribution in [0.2, 0.25) is 0 Å². The van der Waals surface area contributed by atoms with Gasteiger partial charge in [-0.2, -0.15) is 0 Å². The van der Waals surface area contributed by atoms with E-state index in [1.54, 1.807) is 0 Å². The van der Waals surface area contributed by atoms with Gasteiger partial charge < -0.3 is 8.83 Å². The fourth-order valence-corrected chi connectivity index (χ4v) is 9.87. The van der Waals surface area contributed by atoms with Crippen LogP contribution in [0, 0.1) is 0 Å². The van der Waals surface area contributed by atoms with Gasteiger partial charge in [0.15, 0.2) is 0 Å². The molecule has 0 aliphatic rings. The Labute approximate surface area is 320 Å². The third-order valence-corrected chi connectivity index (χ3v) is 12.2. The van der Waals surface area contributed by atoms with Gasteiger partial charge in [-0.25, -0.2) is 0 Å². The highest BCUT2D eigenvalue weighted by atomic mass is 16.3. The normalized spacial score (nSPS) is 12.3. The van der Waals surface area contributed by atoms with E-state index in [0.29, 0.717) is 0 Å². The molecule has 0 aliphatic heterocycles. The van der Waals surface area contributed by atoms with Crippen LogP contribution in [-0.2, 0) is 0 Å². The Morgan fingerprint density at radius 1 is 0.232 bits per heavy atom. The zero-order valence-electron chi connectivity index (χ0n) is 30.1. The van der Waals surface area contributed by atoms with Crippen molar-refractivity contribution in [1.29, 1.82) is 0 Å². The van der Waals surface area contributed by atoms with Crippen LogP contribution in [0.15, 0.2) is 191 Å². The SMILES string of the molecule is c1ccc2c(-c3ccc4oc5c6ccccc6c6ccccc6c5c4c3)c3ccccc3c(-c3ccc4oc5c6ccccc6c6ccccc6c5c4c3)c2c1. The van der Waals surface area contributed by atoms with Gasteiger partial charge in [0.1, 0.15) is 22.3 Å². The predicted molar refractivity (Wildman–Crippen MR) is 237 cm³/mol. The van der Waals surface area contributed by atoms with E-state index in [2.05, 4.69) is 182 Å². The molecule has 0 fully saturated rings. The third kappa shape index (κ3) is 3.95. The molecule has 0 atom stereocenters. The van der Waals surface area contributed by atoms with Crippen LogP contribution in [-0.4, -0.2) is 0 Å². The van der Waals surface area contributed by atoms with Gasteiger partial charge in [0.25, 0.3) is 0 Å². The molecule has 2 heterocycles. The summed E-state index contributed by atoms with van der Waals surface area (Å²) in [6.07, 6.45) is 0. The molecule has 0 saturated carbocycles. The smallest absolute Gasteiger partial charge is 0.143 e. The summed E-state index contributed by atoms with van der Waals surface area (Å²) in [5.41, 5.74) is 8.49. The van der Waals surface area contributed by atoms with Crippen LogP contribution in [0.5, 0.6) is 0 Å². The highest BCUT2D eigenvalue weighted by Gasteiger charge is 2.21. The van der Waals surface area contributed by atoms with Gasteiger partial charge in [0, 0.05) is 32.3 Å². The Hall–Kier alpha value is -7.42. The molecule has 2 nitrogen and oxygen atoms in total. The Morgan fingerprint density at radius 2 is 0.518 bits per heavy atom. The summed E-state index contributed by atoms with van der Waals surface area (Å²) >= 11 is 0. The van der Waals surface area contributed by atoms with Gasteiger partial charge in [0.2, 0.25) is 0 Å². The van der Waals surface area contributed by atoms with E-state index in [-0.39, 0.29) is 0 Å². The van der Waals surface area contributed by atoms with Crippen molar-refractivity contribution < 1.29 is 8.83 Å². The van der Waals surface area contributed by atoms with Crippen molar-refractivity contribution >= 4 is 109 Å². The second kappa shape index (κ2) is 11.1. The standard InChI is InChI=1S/C54H30O2/c1-5-17-37-33(13-1)35-15-3-11-23-43(35)53-51(37)45-29-31(25-27-47(45)55-53)49-39-19-7-9-21-41(39)50(42-22-10-8-20-40(42)49)32-26-28-48-46(30-32)52-38-18-6-2-14-34(38)36-16-4-12-24-44(36)54(52)56-48/h1-30H. The molecule has 0 unspecified atom stereocenters. The van der Waals surface area contributed by atoms with E-state index in [0.717, 1.165) is 43.9 Å². The van der Waals surface area contributed by atoms with Crippen molar-refractivity contribution in [3.63, 3.8) is 0 Å². The van der Waals surface area contributed by atoms with E-state index in [4.69, 9.17) is 8.83 Å². The number of hydrogen-bond donors (Lipinski definition) is 0. The molecular weight excluding hydrogens is 681 g/mol. The summed E-state index contributed by atoms with van der Waals surface area (Å²) in [4.78, 5) is 0. The highest BCUT2D eigenvalue weighted by Crippen LogP contribution is 2.48. The molecule has 0 saturated heterocycles. The Morgan fingerprint density at radius 3 is 0.875 bits per heavy atom. The second-order valence-electron chi connectivity index (χ2n) is 15.1. The second-order valence-corrected chi connectivity index (χ2v) is 15.1. The van der Waals surface area contributed by atoms with Gasteiger partial charge in [-0.05, 0) is 100 Å². The number of benzene rings is 11. The van der Waals surface area contributed by atoms with Crippen LogP contribution in [0.3, 0.4) is 0 Å². The average molecular weight is 711 g/mol. The average Bonchev–Trinajstić information content (AvgIpc) is 3.85. The van der Waals surface area contributed by atoms with Gasteiger partial charge >= 0.3 is 0 Å². The molecule has 0 aliphatic carbocycles. The van der Waals surface area contributed by atoms with Gasteiger partial charge in [-0.15, -0.1) is 0 Å². The lowest BCUT2D eigenvalue weighted by Gasteiger charge is -2.18. The van der Waals surface area contributed by atoms with Crippen LogP contribution < -0.4 is 0 Å². The molecular formula is C54H30O2. The van der Waals surface area contributed by atoms with Crippen LogP contribution >= 0.6 is 0 Å². The summed E-state index contributed by atoms with van der Waals surface area (Å²) in [6, 6.07) is 66.0. The maximum absolute atomic E-state index is 6.72. The topological polar surface area (TPSA) is 26.3 Å². The molecule has 56 heavy (non-hydrogen) atoms. The molecule has 0 N–H and O–H groups in total. The van der Waals surface area contributed by atoms with E-state index in [9.17, 15) is 0 Å². The molecule has 11 aromatic carbocycles. The number of hydrogen-bond acceptors (Lipinski definition) is 2. The quantitative estimate of drug-likeness (QED) is 0.132. The van der Waals surface area contributed by atoms with E-state index in [1.807, 2.05) is 0 Å². The fourth-order valence-electron chi connectivity index (χ4n) is 9.87. The van der Waals surface area contributed by atoms with E-state index < -0.39 is 0 Å². The molecule has 2 aromatic heterocycles. The van der Waals surface area contributed by atoms with Crippen molar-refractivity contribution in [3.05, 3.63) is 182 Å². The Kier molecular flexibility index (Phi) is 5.92. The van der Waals surface area contributed by atoms with Gasteiger partial charge in [-0.3, -0.25) is 0 Å². The zero-order chi connectivity index (χ0) is 36.5. The van der Waals surface area contributed by atoms with E-state index >= 15 is 0 Å². The lowest BCUT2D eigenvalue weighted by atomic mass is 9.85. The summed E-state index contributed by atoms with van der Waals surface area (Å²) in [6.45, 7) is 0. The first-order valence-corrected chi connectivity index (χ1v) is 19.3. The Balaban J connectivity index is 1.10. The number of fused-ring (bicyclic) bond motifs is 18. The van der Waals surface area contributed by atoms with Crippen molar-refractivity contribution in [2.75, 3.05) is 0 Å². The van der Waals surface area contributed by atoms with Gasteiger partial charge in [-0.1, -0.05) is 158 Å². The molecule has 13 rings (SSSR count). The predicted octanol–water partition coefficient (Wildman–Crippen LogP) is 15.7. The Bertz CT molecular complexity index is 3510. The van der Waals surface area contributed by atoms with Crippen LogP contribution in [0.1, 0.15) is 0 Å². The third-order valence-electron chi connectivity index (χ3n) is 12.2. The first-order valence-electron chi connectivity index (χ1n) is 19.3. The summed E-state index contributed by atoms with van der Waals surface area (Å²) in [7, 11) is 0. The minimum atomic E-state index is 0.899. The van der Waals surface area contributed by atoms with Crippen LogP contribution in [0.25, 0.3) is 131 Å². The maximum Gasteiger partial charge on any atom is 0.143 e. The molecule has 0 spiro atoms. The minimum absolute atomic E-state index is 0.899. The number of furan rings is 2. The molecule has 258 valence electrons. The van der Waals surface area contributed by atoms with Crippen molar-refractivity contribution in [2.24, 2.45) is 0 Å². The molecule has 0 radical (unpaired) electrons. The summed E-state index contributed by atoms with van der Waals surface area (Å²) in [5, 5.41) is 19.1. The van der Waals surface area contributed by atoms with Crippen molar-refractivity contribution in [3.8, 4) is 22.3 Å². The minimum Gasteiger partial charge on any atom is -0.455 e. The molecule has 13 aromatic rings. The fraction of sp³-hybridized carbons (Fsp3) is 0. The summed E-state index contributed by atoms with van der Waals surface area (Å²) in [5.74, 6) is 0. The summed E-state index contributed by atoms with van der Waals surface area (Å²) < 4.78 is 13.4. The lowest BCUT2D eigenvalue weighted by Crippen LogP contribution is -1.91. The van der Waals surface area contributed by atoms with Crippen LogP contribution in [0.4, 0.5) is 0 Å². The lowest BCUT2D eigenvalue weighted by molar-refractivity contribution is 0.672. The zero-order valence-corrected chi connectivity index (χ0v) is 30.1. The van der Waals surface area contributed by atoms with Crippen molar-refractivity contribution in [2.45, 2.75) is 0 Å². The largest absolute Gasteiger partial charge is 0.455 e. The molecule has 0 amide bonds. The number of rotatable bonds is 2. The molecule has 0 bridgehead atoms. The maximum atomic E-state index is 6.72. The van der Waals surface area contributed by atoms with E-state index in [1.165, 1.54) is 86.9 Å². The van der Waals surface area contributed by atoms with Crippen molar-refractivity contribution in [1.82, 2.24) is 0 Å². The molecule has 2 heteroatoms. The monoisotopic (exact) mass is 710 g/mol.